The monoisotopic (exact) mass is 508 g/mol. The number of carbonyl (C=O) groups is 1. The van der Waals surface area contributed by atoms with Crippen LogP contribution >= 0.6 is 24.0 Å². The highest BCUT2D eigenvalue weighted by Crippen LogP contribution is 2.39. The summed E-state index contributed by atoms with van der Waals surface area (Å²) in [5.74, 6) is 0.208. The number of nitro groups is 1. The van der Waals surface area contributed by atoms with Crippen LogP contribution < -0.4 is 19.3 Å². The molecule has 2 aromatic carbocycles. The predicted molar refractivity (Wildman–Crippen MR) is 140 cm³/mol. The number of amides is 1. The molecule has 2 heterocycles. The molecule has 0 aliphatic carbocycles. The fraction of sp³-hybridized carbons (Fsp3) is 0.125. The van der Waals surface area contributed by atoms with E-state index in [0.29, 0.717) is 26.2 Å². The van der Waals surface area contributed by atoms with E-state index in [4.69, 9.17) is 21.7 Å². The lowest BCUT2D eigenvalue weighted by atomic mass is 10.1. The maximum absolute atomic E-state index is 13.1. The lowest BCUT2D eigenvalue weighted by Gasteiger charge is -2.17. The molecule has 0 bridgehead atoms. The molecule has 0 spiro atoms. The Hall–Kier alpha value is -3.96. The largest absolute Gasteiger partial charge is 0.493 e. The minimum absolute atomic E-state index is 0.148. The Morgan fingerprint density at radius 2 is 1.89 bits per heavy atom. The number of rotatable bonds is 7. The van der Waals surface area contributed by atoms with E-state index in [1.165, 1.54) is 42.1 Å². The van der Waals surface area contributed by atoms with Gasteiger partial charge in [0.05, 0.1) is 22.6 Å². The van der Waals surface area contributed by atoms with Crippen LogP contribution in [-0.2, 0) is 4.79 Å². The number of carbonyl (C=O) groups excluding carboxylic acids is 1. The van der Waals surface area contributed by atoms with Crippen LogP contribution in [0.2, 0.25) is 0 Å². The van der Waals surface area contributed by atoms with Crippen LogP contribution in [-0.4, -0.2) is 41.3 Å². The van der Waals surface area contributed by atoms with Gasteiger partial charge in [0.2, 0.25) is 0 Å². The Morgan fingerprint density at radius 3 is 2.54 bits per heavy atom. The Morgan fingerprint density at radius 1 is 1.14 bits per heavy atom. The molecular weight excluding hydrogens is 488 g/mol. The minimum Gasteiger partial charge on any atom is -0.493 e. The molecule has 11 heteroatoms. The van der Waals surface area contributed by atoms with Gasteiger partial charge in [-0.05, 0) is 54.1 Å². The van der Waals surface area contributed by atoms with Crippen LogP contribution in [0.25, 0.3) is 6.08 Å². The lowest BCUT2D eigenvalue weighted by molar-refractivity contribution is -0.386. The Bertz CT molecular complexity index is 1340. The summed E-state index contributed by atoms with van der Waals surface area (Å²) >= 11 is 6.67. The van der Waals surface area contributed by atoms with E-state index in [9.17, 15) is 14.9 Å². The first-order valence-electron chi connectivity index (χ1n) is 10.3. The van der Waals surface area contributed by atoms with Crippen molar-refractivity contribution in [1.29, 1.82) is 0 Å². The van der Waals surface area contributed by atoms with Gasteiger partial charge in [0.25, 0.3) is 11.8 Å². The summed E-state index contributed by atoms with van der Waals surface area (Å²) in [4.78, 5) is 31.7. The van der Waals surface area contributed by atoms with Gasteiger partial charge in [0, 0.05) is 32.0 Å². The minimum atomic E-state index is -0.570. The molecule has 0 radical (unpaired) electrons. The van der Waals surface area contributed by atoms with Gasteiger partial charge in [-0.2, -0.15) is 0 Å². The molecule has 0 atom stereocenters. The van der Waals surface area contributed by atoms with Gasteiger partial charge in [0.1, 0.15) is 0 Å². The number of benzene rings is 2. The first-order chi connectivity index (χ1) is 16.8. The van der Waals surface area contributed by atoms with E-state index >= 15 is 0 Å². The molecule has 35 heavy (non-hydrogen) atoms. The summed E-state index contributed by atoms with van der Waals surface area (Å²) in [6.07, 6.45) is 3.11. The van der Waals surface area contributed by atoms with E-state index < -0.39 is 4.92 Å². The third-order valence-corrected chi connectivity index (χ3v) is 6.36. The van der Waals surface area contributed by atoms with Gasteiger partial charge in [-0.1, -0.05) is 30.0 Å². The topological polar surface area (TPSA) is 98.0 Å². The number of pyridine rings is 1. The number of ether oxygens (including phenoxy) is 2. The molecule has 0 unspecified atom stereocenters. The predicted octanol–water partition coefficient (Wildman–Crippen LogP) is 5.26. The number of thioether (sulfide) groups is 1. The van der Waals surface area contributed by atoms with E-state index in [1.807, 2.05) is 43.3 Å². The van der Waals surface area contributed by atoms with Gasteiger partial charge in [-0.3, -0.25) is 19.8 Å². The molecule has 1 saturated heterocycles. The van der Waals surface area contributed by atoms with E-state index in [2.05, 4.69) is 4.98 Å². The van der Waals surface area contributed by atoms with Crippen molar-refractivity contribution in [2.24, 2.45) is 0 Å². The molecule has 0 saturated carbocycles. The van der Waals surface area contributed by atoms with Crippen LogP contribution in [0.5, 0.6) is 17.4 Å². The number of hydrogen-bond acceptors (Lipinski definition) is 9. The highest BCUT2D eigenvalue weighted by atomic mass is 32.2. The fourth-order valence-corrected chi connectivity index (χ4v) is 4.60. The van der Waals surface area contributed by atoms with E-state index in [1.54, 1.807) is 24.3 Å². The zero-order chi connectivity index (χ0) is 25.1. The molecule has 3 aromatic rings. The number of hydrogen-bond donors (Lipinski definition) is 0. The smallest absolute Gasteiger partial charge is 0.331 e. The van der Waals surface area contributed by atoms with Crippen molar-refractivity contribution < 1.29 is 19.2 Å². The highest BCUT2D eigenvalue weighted by molar-refractivity contribution is 8.27. The number of thiocarbonyl (C=S) groups is 1. The van der Waals surface area contributed by atoms with Crippen molar-refractivity contribution in [3.63, 3.8) is 0 Å². The van der Waals surface area contributed by atoms with Crippen LogP contribution in [0.3, 0.4) is 0 Å². The highest BCUT2D eigenvalue weighted by Gasteiger charge is 2.33. The maximum Gasteiger partial charge on any atom is 0.331 e. The van der Waals surface area contributed by atoms with Crippen molar-refractivity contribution in [3.8, 4) is 17.4 Å². The second-order valence-electron chi connectivity index (χ2n) is 7.53. The molecule has 4 rings (SSSR count). The summed E-state index contributed by atoms with van der Waals surface area (Å²) in [6, 6.07) is 15.3. The first-order valence-corrected chi connectivity index (χ1v) is 11.5. The number of methoxy groups -OCH3 is 1. The van der Waals surface area contributed by atoms with Crippen LogP contribution in [0, 0.1) is 10.1 Å². The summed E-state index contributed by atoms with van der Waals surface area (Å²) in [7, 11) is 5.34. The molecule has 178 valence electrons. The second kappa shape index (κ2) is 10.1. The SMILES string of the molecule is COc1cc(/C=C2\SC(=S)N(c3ccc(N(C)C)cc3)C2=O)ccc1Oc1ncccc1[N+](=O)[O-]. The van der Waals surface area contributed by atoms with E-state index in [0.717, 1.165) is 5.69 Å². The third kappa shape index (κ3) is 5.10. The zero-order valence-electron chi connectivity index (χ0n) is 19.0. The molecular formula is C24H20N4O5S2. The van der Waals surface area contributed by atoms with Crippen molar-refractivity contribution >= 4 is 57.3 Å². The number of aromatic nitrogens is 1. The van der Waals surface area contributed by atoms with Crippen LogP contribution in [0.4, 0.5) is 17.1 Å². The molecule has 1 amide bonds. The third-order valence-electron chi connectivity index (χ3n) is 5.06. The average molecular weight is 509 g/mol. The Labute approximate surface area is 211 Å². The quantitative estimate of drug-likeness (QED) is 0.183. The van der Waals surface area contributed by atoms with Crippen molar-refractivity contribution in [2.75, 3.05) is 31.0 Å². The summed E-state index contributed by atoms with van der Waals surface area (Å²) in [6.45, 7) is 0. The summed E-state index contributed by atoms with van der Waals surface area (Å²) < 4.78 is 11.5. The average Bonchev–Trinajstić information content (AvgIpc) is 3.12. The molecule has 0 N–H and O–H groups in total. The Balaban J connectivity index is 1.58. The van der Waals surface area contributed by atoms with Gasteiger partial charge in [-0.15, -0.1) is 0 Å². The first kappa shape index (κ1) is 24.2. The zero-order valence-corrected chi connectivity index (χ0v) is 20.6. The van der Waals surface area contributed by atoms with Gasteiger partial charge in [-0.25, -0.2) is 4.98 Å². The van der Waals surface area contributed by atoms with Crippen molar-refractivity contribution in [2.45, 2.75) is 0 Å². The molecule has 1 aliphatic heterocycles. The van der Waals surface area contributed by atoms with Gasteiger partial charge >= 0.3 is 5.69 Å². The number of nitrogens with zero attached hydrogens (tertiary/aromatic N) is 4. The molecule has 1 fully saturated rings. The number of anilines is 2. The maximum atomic E-state index is 13.1. The van der Waals surface area contributed by atoms with Crippen LogP contribution in [0.1, 0.15) is 5.56 Å². The van der Waals surface area contributed by atoms with Crippen LogP contribution in [0.15, 0.2) is 65.7 Å². The second-order valence-corrected chi connectivity index (χ2v) is 9.20. The van der Waals surface area contributed by atoms with Crippen molar-refractivity contribution in [1.82, 2.24) is 4.98 Å². The van der Waals surface area contributed by atoms with Gasteiger partial charge < -0.3 is 14.4 Å². The van der Waals surface area contributed by atoms with Gasteiger partial charge in [0.15, 0.2) is 15.8 Å². The summed E-state index contributed by atoms with van der Waals surface area (Å²) in [5, 5.41) is 11.2. The normalized spacial score (nSPS) is 14.4. The standard InChI is InChI=1S/C24H20N4O5S2/c1-26(2)16-7-9-17(10-8-16)27-23(29)21(35-24(27)34)14-15-6-11-19(20(13-15)32-3)33-22-18(28(30)31)5-4-12-25-22/h4-14H,1-3H3/b21-14-. The van der Waals surface area contributed by atoms with E-state index in [-0.39, 0.29) is 23.2 Å². The fourth-order valence-electron chi connectivity index (χ4n) is 3.30. The molecule has 1 aliphatic rings. The summed E-state index contributed by atoms with van der Waals surface area (Å²) in [5.41, 5.74) is 2.12. The lowest BCUT2D eigenvalue weighted by Crippen LogP contribution is -2.27. The van der Waals surface area contributed by atoms with Crippen molar-refractivity contribution in [3.05, 3.63) is 81.4 Å². The molecule has 1 aromatic heterocycles. The molecule has 9 nitrogen and oxygen atoms in total. The Kier molecular flexibility index (Phi) is 6.99.